The lowest BCUT2D eigenvalue weighted by molar-refractivity contribution is 0.214. The third kappa shape index (κ3) is 5.12. The zero-order valence-electron chi connectivity index (χ0n) is 19.2. The van der Waals surface area contributed by atoms with Gasteiger partial charge in [0.2, 0.25) is 5.88 Å². The fraction of sp³-hybridized carbons (Fsp3) is 0. The van der Waals surface area contributed by atoms with Gasteiger partial charge in [0, 0.05) is 22.8 Å². The number of hydrogen-bond acceptors (Lipinski definition) is 6. The van der Waals surface area contributed by atoms with E-state index in [2.05, 4.69) is 20.0 Å². The highest BCUT2D eigenvalue weighted by atomic mass is 32.2. The van der Waals surface area contributed by atoms with Gasteiger partial charge in [0.05, 0.1) is 22.1 Å². The second kappa shape index (κ2) is 9.85. The van der Waals surface area contributed by atoms with Gasteiger partial charge in [-0.3, -0.25) is 10.0 Å². The van der Waals surface area contributed by atoms with Gasteiger partial charge in [-0.25, -0.2) is 18.2 Å². The Morgan fingerprint density at radius 2 is 1.70 bits per heavy atom. The van der Waals surface area contributed by atoms with Crippen LogP contribution in [0, 0.1) is 11.3 Å². The molecule has 5 aromatic rings. The number of amides is 1. The monoisotopic (exact) mass is 509 g/mol. The molecule has 0 radical (unpaired) electrons. The minimum absolute atomic E-state index is 0.0270. The van der Waals surface area contributed by atoms with Crippen molar-refractivity contribution in [3.63, 3.8) is 0 Å². The Morgan fingerprint density at radius 1 is 0.946 bits per heavy atom. The number of carbonyl (C=O) groups excluding carboxylic acids is 1. The molecule has 0 fully saturated rings. The molecule has 0 aliphatic carbocycles. The Kier molecular flexibility index (Phi) is 6.28. The Labute approximate surface area is 212 Å². The third-order valence-electron chi connectivity index (χ3n) is 5.46. The number of carbonyl (C=O) groups is 1. The first kappa shape index (κ1) is 23.6. The van der Waals surface area contributed by atoms with Crippen molar-refractivity contribution in [2.75, 3.05) is 10.0 Å². The molecule has 5 rings (SSSR count). The van der Waals surface area contributed by atoms with Crippen LogP contribution in [-0.4, -0.2) is 24.5 Å². The average Bonchev–Trinajstić information content (AvgIpc) is 3.26. The van der Waals surface area contributed by atoms with Crippen LogP contribution < -0.4 is 14.8 Å². The molecule has 0 aliphatic rings. The molecular weight excluding hydrogens is 490 g/mol. The van der Waals surface area contributed by atoms with Crippen LogP contribution in [-0.2, 0) is 10.0 Å². The van der Waals surface area contributed by atoms with Crippen molar-refractivity contribution in [2.45, 2.75) is 4.90 Å². The van der Waals surface area contributed by atoms with Crippen LogP contribution >= 0.6 is 0 Å². The number of rotatable bonds is 6. The number of nitrogens with zero attached hydrogens (tertiary/aromatic N) is 2. The fourth-order valence-electron chi connectivity index (χ4n) is 3.78. The average molecular weight is 510 g/mol. The van der Waals surface area contributed by atoms with Gasteiger partial charge >= 0.3 is 6.09 Å². The molecule has 0 unspecified atom stereocenters. The molecular formula is C27H19N5O4S. The maximum atomic E-state index is 12.9. The Hall–Kier alpha value is -5.14. The molecule has 10 heteroatoms. The van der Waals surface area contributed by atoms with Gasteiger partial charge in [0.25, 0.3) is 10.0 Å². The first-order valence-corrected chi connectivity index (χ1v) is 12.6. The quantitative estimate of drug-likeness (QED) is 0.276. The molecule has 0 spiro atoms. The third-order valence-corrected chi connectivity index (χ3v) is 6.86. The van der Waals surface area contributed by atoms with Gasteiger partial charge in [0.15, 0.2) is 0 Å². The maximum absolute atomic E-state index is 12.9. The van der Waals surface area contributed by atoms with Gasteiger partial charge in [-0.15, -0.1) is 0 Å². The molecule has 2 heterocycles. The number of pyridine rings is 1. The largest absolute Gasteiger partial charge is 0.419 e. The van der Waals surface area contributed by atoms with E-state index < -0.39 is 16.1 Å². The summed E-state index contributed by atoms with van der Waals surface area (Å²) in [5.41, 5.74) is 2.67. The first-order chi connectivity index (χ1) is 17.9. The molecule has 0 atom stereocenters. The van der Waals surface area contributed by atoms with Crippen molar-refractivity contribution in [2.24, 2.45) is 0 Å². The van der Waals surface area contributed by atoms with Crippen LogP contribution in [0.2, 0.25) is 0 Å². The smallest absolute Gasteiger partial charge is 0.392 e. The van der Waals surface area contributed by atoms with Crippen molar-refractivity contribution in [1.29, 1.82) is 5.26 Å². The van der Waals surface area contributed by atoms with Crippen molar-refractivity contribution >= 4 is 38.5 Å². The summed E-state index contributed by atoms with van der Waals surface area (Å²) in [5.74, 6) is 0.533. The van der Waals surface area contributed by atoms with Gasteiger partial charge in [-0.05, 0) is 60.2 Å². The summed E-state index contributed by atoms with van der Waals surface area (Å²) in [7, 11) is -3.90. The van der Waals surface area contributed by atoms with Crippen LogP contribution in [0.3, 0.4) is 0 Å². The number of fused-ring (bicyclic) bond motifs is 1. The molecule has 2 aromatic heterocycles. The summed E-state index contributed by atoms with van der Waals surface area (Å²) < 4.78 is 34.0. The Morgan fingerprint density at radius 3 is 2.41 bits per heavy atom. The summed E-state index contributed by atoms with van der Waals surface area (Å²) in [5, 5.41) is 12.2. The highest BCUT2D eigenvalue weighted by Crippen LogP contribution is 2.39. The zero-order valence-corrected chi connectivity index (χ0v) is 20.0. The predicted octanol–water partition coefficient (Wildman–Crippen LogP) is 5.51. The number of benzene rings is 3. The summed E-state index contributed by atoms with van der Waals surface area (Å²) in [6, 6.07) is 26.9. The van der Waals surface area contributed by atoms with Gasteiger partial charge in [-0.2, -0.15) is 5.26 Å². The van der Waals surface area contributed by atoms with E-state index >= 15 is 0 Å². The van der Waals surface area contributed by atoms with E-state index in [0.717, 1.165) is 5.56 Å². The van der Waals surface area contributed by atoms with Crippen molar-refractivity contribution < 1.29 is 17.9 Å². The van der Waals surface area contributed by atoms with Gasteiger partial charge in [0.1, 0.15) is 5.82 Å². The highest BCUT2D eigenvalue weighted by Gasteiger charge is 2.20. The molecule has 3 aromatic carbocycles. The minimum atomic E-state index is -3.90. The Balaban J connectivity index is 1.50. The lowest BCUT2D eigenvalue weighted by Crippen LogP contribution is -2.17. The summed E-state index contributed by atoms with van der Waals surface area (Å²) in [6.45, 7) is 0. The van der Waals surface area contributed by atoms with E-state index in [4.69, 9.17) is 10.00 Å². The van der Waals surface area contributed by atoms with E-state index in [0.29, 0.717) is 33.5 Å². The van der Waals surface area contributed by atoms with Crippen LogP contribution in [0.5, 0.6) is 5.88 Å². The number of anilines is 2. The SMILES string of the molecule is N#Cc1ccc(S(=O)(=O)Nc2ccc3[nH]c(OC(=O)Nc4ccccn4)c(-c4ccccc4)c3c2)cc1. The first-order valence-electron chi connectivity index (χ1n) is 11.1. The van der Waals surface area contributed by atoms with E-state index in [1.54, 1.807) is 42.6 Å². The maximum Gasteiger partial charge on any atom is 0.419 e. The summed E-state index contributed by atoms with van der Waals surface area (Å²) in [6.07, 6.45) is 0.818. The van der Waals surface area contributed by atoms with E-state index in [9.17, 15) is 13.2 Å². The summed E-state index contributed by atoms with van der Waals surface area (Å²) in [4.78, 5) is 19.8. The van der Waals surface area contributed by atoms with Crippen molar-refractivity contribution in [1.82, 2.24) is 9.97 Å². The van der Waals surface area contributed by atoms with Gasteiger partial charge in [-0.1, -0.05) is 36.4 Å². The van der Waals surface area contributed by atoms with E-state index in [1.807, 2.05) is 36.4 Å². The molecule has 1 amide bonds. The normalized spacial score (nSPS) is 11.0. The van der Waals surface area contributed by atoms with Crippen LogP contribution in [0.1, 0.15) is 5.56 Å². The summed E-state index contributed by atoms with van der Waals surface area (Å²) >= 11 is 0. The molecule has 182 valence electrons. The molecule has 0 aliphatic heterocycles. The molecule has 0 saturated carbocycles. The number of sulfonamides is 1. The molecule has 9 nitrogen and oxygen atoms in total. The lowest BCUT2D eigenvalue weighted by Gasteiger charge is -2.09. The lowest BCUT2D eigenvalue weighted by atomic mass is 10.0. The number of nitrogens with one attached hydrogen (secondary N) is 3. The molecule has 0 saturated heterocycles. The number of aromatic nitrogens is 2. The van der Waals surface area contributed by atoms with Crippen LogP contribution in [0.25, 0.3) is 22.0 Å². The van der Waals surface area contributed by atoms with Crippen LogP contribution in [0.4, 0.5) is 16.3 Å². The second-order valence-corrected chi connectivity index (χ2v) is 9.61. The molecule has 3 N–H and O–H groups in total. The number of nitriles is 1. The fourth-order valence-corrected chi connectivity index (χ4v) is 4.83. The highest BCUT2D eigenvalue weighted by molar-refractivity contribution is 7.92. The van der Waals surface area contributed by atoms with E-state index in [1.165, 1.54) is 24.3 Å². The number of H-pyrrole nitrogens is 1. The predicted molar refractivity (Wildman–Crippen MR) is 140 cm³/mol. The van der Waals surface area contributed by atoms with E-state index in [-0.39, 0.29) is 10.8 Å². The molecule has 37 heavy (non-hydrogen) atoms. The van der Waals surface area contributed by atoms with Crippen molar-refractivity contribution in [3.05, 3.63) is 103 Å². The van der Waals surface area contributed by atoms with Crippen molar-refractivity contribution in [3.8, 4) is 23.1 Å². The Bertz CT molecular complexity index is 1730. The number of ether oxygens (including phenoxy) is 1. The standard InChI is InChI=1S/C27H19N5O4S/c28-17-18-9-12-21(13-10-18)37(34,35)32-20-11-14-23-22(16-20)25(19-6-2-1-3-7-19)26(30-23)36-27(33)31-24-8-4-5-15-29-24/h1-16,30,32H,(H,29,31,33). The zero-order chi connectivity index (χ0) is 25.8. The molecule has 0 bridgehead atoms. The number of hydrogen-bond donors (Lipinski definition) is 3. The topological polar surface area (TPSA) is 137 Å². The van der Waals surface area contributed by atoms with Gasteiger partial charge < -0.3 is 9.72 Å². The number of aromatic amines is 1. The van der Waals surface area contributed by atoms with Crippen LogP contribution in [0.15, 0.2) is 102 Å². The minimum Gasteiger partial charge on any atom is -0.392 e. The second-order valence-electron chi connectivity index (χ2n) is 7.93.